The van der Waals surface area contributed by atoms with Gasteiger partial charge in [-0.1, -0.05) is 19.1 Å². The predicted octanol–water partition coefficient (Wildman–Crippen LogP) is 2.85. The third kappa shape index (κ3) is 3.98. The highest BCUT2D eigenvalue weighted by Gasteiger charge is 2.36. The molecule has 0 spiro atoms. The van der Waals surface area contributed by atoms with Crippen LogP contribution in [0.15, 0.2) is 54.1 Å². The van der Waals surface area contributed by atoms with Gasteiger partial charge in [0.1, 0.15) is 17.1 Å². The number of hydrogen-bond donors (Lipinski definition) is 2. The zero-order chi connectivity index (χ0) is 19.4. The van der Waals surface area contributed by atoms with Crippen LogP contribution in [-0.4, -0.2) is 29.6 Å². The van der Waals surface area contributed by atoms with Crippen molar-refractivity contribution in [1.29, 1.82) is 0 Å². The molecular formula is C20H18N2O5. The van der Waals surface area contributed by atoms with Crippen molar-refractivity contribution in [1.82, 2.24) is 5.32 Å². The van der Waals surface area contributed by atoms with Crippen LogP contribution in [0.3, 0.4) is 0 Å². The molecular weight excluding hydrogens is 348 g/mol. The van der Waals surface area contributed by atoms with Gasteiger partial charge in [0, 0.05) is 0 Å². The van der Waals surface area contributed by atoms with Crippen molar-refractivity contribution < 1.29 is 24.2 Å². The van der Waals surface area contributed by atoms with Crippen molar-refractivity contribution in [3.8, 4) is 11.5 Å². The quantitative estimate of drug-likeness (QED) is 0.627. The Bertz CT molecular complexity index is 901. The molecule has 0 unspecified atom stereocenters. The molecule has 27 heavy (non-hydrogen) atoms. The van der Waals surface area contributed by atoms with Crippen LogP contribution in [0.1, 0.15) is 18.9 Å². The maximum absolute atomic E-state index is 12.8. The second-order valence-corrected chi connectivity index (χ2v) is 5.89. The normalized spacial score (nSPS) is 15.8. The molecule has 1 saturated heterocycles. The lowest BCUT2D eigenvalue weighted by molar-refractivity contribution is -0.122. The SMILES string of the molecule is CCCOc1ccc(N2C(=O)NC(=O)/C(=C/c3ccc(O)cc3)C2=O)cc1. The number of barbiturate groups is 1. The summed E-state index contributed by atoms with van der Waals surface area (Å²) in [4.78, 5) is 38.0. The van der Waals surface area contributed by atoms with E-state index in [9.17, 15) is 19.5 Å². The summed E-state index contributed by atoms with van der Waals surface area (Å²) in [5.41, 5.74) is 0.695. The minimum atomic E-state index is -0.810. The summed E-state index contributed by atoms with van der Waals surface area (Å²) >= 11 is 0. The molecule has 1 fully saturated rings. The standard InChI is InChI=1S/C20H18N2O5/c1-2-11-27-16-9-5-14(6-10-16)22-19(25)17(18(24)21-20(22)26)12-13-3-7-15(23)8-4-13/h3-10,12,23H,2,11H2,1H3,(H,21,24,26)/b17-12-. The number of phenolic OH excluding ortho intramolecular Hbond substituents is 1. The molecule has 7 nitrogen and oxygen atoms in total. The first-order valence-corrected chi connectivity index (χ1v) is 8.43. The van der Waals surface area contributed by atoms with E-state index < -0.39 is 17.8 Å². The van der Waals surface area contributed by atoms with Gasteiger partial charge in [-0.25, -0.2) is 9.69 Å². The summed E-state index contributed by atoms with van der Waals surface area (Å²) in [7, 11) is 0. The highest BCUT2D eigenvalue weighted by atomic mass is 16.5. The first-order chi connectivity index (χ1) is 13.0. The van der Waals surface area contributed by atoms with Gasteiger partial charge in [-0.2, -0.15) is 0 Å². The number of amides is 4. The number of imide groups is 2. The summed E-state index contributed by atoms with van der Waals surface area (Å²) in [5.74, 6) is -0.795. The third-order valence-corrected chi connectivity index (χ3v) is 3.87. The molecule has 2 N–H and O–H groups in total. The average Bonchev–Trinajstić information content (AvgIpc) is 2.66. The second-order valence-electron chi connectivity index (χ2n) is 5.89. The maximum Gasteiger partial charge on any atom is 0.335 e. The molecule has 1 aliphatic rings. The summed E-state index contributed by atoms with van der Waals surface area (Å²) in [6, 6.07) is 11.7. The molecule has 1 aliphatic heterocycles. The van der Waals surface area contributed by atoms with E-state index in [2.05, 4.69) is 5.32 Å². The largest absolute Gasteiger partial charge is 0.508 e. The van der Waals surface area contributed by atoms with E-state index in [1.165, 1.54) is 18.2 Å². The molecule has 1 heterocycles. The lowest BCUT2D eigenvalue weighted by Crippen LogP contribution is -2.54. The fourth-order valence-corrected chi connectivity index (χ4v) is 2.54. The van der Waals surface area contributed by atoms with Crippen molar-refractivity contribution in [2.75, 3.05) is 11.5 Å². The van der Waals surface area contributed by atoms with Crippen LogP contribution in [0.5, 0.6) is 11.5 Å². The van der Waals surface area contributed by atoms with Crippen LogP contribution in [0.2, 0.25) is 0 Å². The Hall–Kier alpha value is -3.61. The van der Waals surface area contributed by atoms with Gasteiger partial charge in [-0.3, -0.25) is 14.9 Å². The molecule has 0 aromatic heterocycles. The van der Waals surface area contributed by atoms with Gasteiger partial charge in [-0.05, 0) is 54.5 Å². The van der Waals surface area contributed by atoms with E-state index in [1.54, 1.807) is 36.4 Å². The molecule has 138 valence electrons. The van der Waals surface area contributed by atoms with E-state index in [0.717, 1.165) is 11.3 Å². The van der Waals surface area contributed by atoms with Crippen LogP contribution in [-0.2, 0) is 9.59 Å². The fourth-order valence-electron chi connectivity index (χ4n) is 2.54. The minimum Gasteiger partial charge on any atom is -0.508 e. The highest BCUT2D eigenvalue weighted by Crippen LogP contribution is 2.24. The number of anilines is 1. The number of benzene rings is 2. The van der Waals surface area contributed by atoms with Gasteiger partial charge in [0.25, 0.3) is 11.8 Å². The Morgan fingerprint density at radius 1 is 1.04 bits per heavy atom. The fraction of sp³-hybridized carbons (Fsp3) is 0.150. The number of nitrogens with zero attached hydrogens (tertiary/aromatic N) is 1. The summed E-state index contributed by atoms with van der Waals surface area (Å²) < 4.78 is 5.49. The summed E-state index contributed by atoms with van der Waals surface area (Å²) in [5, 5.41) is 11.5. The first-order valence-electron chi connectivity index (χ1n) is 8.43. The number of nitrogens with one attached hydrogen (secondary N) is 1. The van der Waals surface area contributed by atoms with Gasteiger partial charge < -0.3 is 9.84 Å². The Morgan fingerprint density at radius 2 is 1.70 bits per heavy atom. The molecule has 7 heteroatoms. The lowest BCUT2D eigenvalue weighted by Gasteiger charge is -2.26. The summed E-state index contributed by atoms with van der Waals surface area (Å²) in [6.45, 7) is 2.56. The molecule has 0 aliphatic carbocycles. The molecule has 4 amide bonds. The van der Waals surface area contributed by atoms with Gasteiger partial charge in [0.05, 0.1) is 12.3 Å². The molecule has 3 rings (SSSR count). The van der Waals surface area contributed by atoms with Gasteiger partial charge >= 0.3 is 6.03 Å². The van der Waals surface area contributed by atoms with E-state index in [0.29, 0.717) is 23.6 Å². The van der Waals surface area contributed by atoms with Gasteiger partial charge in [0.2, 0.25) is 0 Å². The molecule has 0 atom stereocenters. The van der Waals surface area contributed by atoms with Gasteiger partial charge in [-0.15, -0.1) is 0 Å². The molecule has 2 aromatic carbocycles. The van der Waals surface area contributed by atoms with E-state index in [-0.39, 0.29) is 11.3 Å². The van der Waals surface area contributed by atoms with Crippen molar-refractivity contribution in [2.45, 2.75) is 13.3 Å². The Labute approximate surface area is 155 Å². The topological polar surface area (TPSA) is 95.9 Å². The highest BCUT2D eigenvalue weighted by molar-refractivity contribution is 6.39. The summed E-state index contributed by atoms with van der Waals surface area (Å²) in [6.07, 6.45) is 2.23. The van der Waals surface area contributed by atoms with Crippen LogP contribution >= 0.6 is 0 Å². The molecule has 0 bridgehead atoms. The molecule has 0 saturated carbocycles. The van der Waals surface area contributed by atoms with Crippen molar-refractivity contribution in [3.63, 3.8) is 0 Å². The van der Waals surface area contributed by atoms with Crippen LogP contribution in [0, 0.1) is 0 Å². The Balaban J connectivity index is 1.89. The smallest absolute Gasteiger partial charge is 0.335 e. The number of carbonyl (C=O) groups excluding carboxylic acids is 3. The maximum atomic E-state index is 12.8. The van der Waals surface area contributed by atoms with E-state index in [4.69, 9.17) is 4.74 Å². The molecule has 0 radical (unpaired) electrons. The average molecular weight is 366 g/mol. The number of phenols is 1. The van der Waals surface area contributed by atoms with Crippen LogP contribution < -0.4 is 15.0 Å². The van der Waals surface area contributed by atoms with Crippen molar-refractivity contribution in [3.05, 3.63) is 59.7 Å². The second kappa shape index (κ2) is 7.74. The monoisotopic (exact) mass is 366 g/mol. The lowest BCUT2D eigenvalue weighted by atomic mass is 10.1. The zero-order valence-corrected chi connectivity index (χ0v) is 14.6. The van der Waals surface area contributed by atoms with Crippen LogP contribution in [0.4, 0.5) is 10.5 Å². The first kappa shape index (κ1) is 18.2. The number of ether oxygens (including phenoxy) is 1. The van der Waals surface area contributed by atoms with E-state index in [1.807, 2.05) is 6.92 Å². The Morgan fingerprint density at radius 3 is 2.33 bits per heavy atom. The number of carbonyl (C=O) groups is 3. The number of urea groups is 1. The molecule has 2 aromatic rings. The Kier molecular flexibility index (Phi) is 5.21. The van der Waals surface area contributed by atoms with E-state index >= 15 is 0 Å². The van der Waals surface area contributed by atoms with Crippen molar-refractivity contribution >= 4 is 29.6 Å². The number of hydrogen-bond acceptors (Lipinski definition) is 5. The predicted molar refractivity (Wildman–Crippen MR) is 99.3 cm³/mol. The minimum absolute atomic E-state index is 0.0683. The third-order valence-electron chi connectivity index (χ3n) is 3.87. The number of aromatic hydroxyl groups is 1. The van der Waals surface area contributed by atoms with Crippen LogP contribution in [0.25, 0.3) is 6.08 Å². The zero-order valence-electron chi connectivity index (χ0n) is 14.6. The van der Waals surface area contributed by atoms with Crippen molar-refractivity contribution in [2.24, 2.45) is 0 Å². The van der Waals surface area contributed by atoms with Gasteiger partial charge in [0.15, 0.2) is 0 Å². The number of rotatable bonds is 5.